The quantitative estimate of drug-likeness (QED) is 0.491. The van der Waals surface area contributed by atoms with Crippen LogP contribution in [0.5, 0.6) is 0 Å². The fraction of sp³-hybridized carbons (Fsp3) is 0.375. The normalized spacial score (nSPS) is 14.8. The van der Waals surface area contributed by atoms with Crippen molar-refractivity contribution >= 4 is 33.6 Å². The third kappa shape index (κ3) is 8.69. The molecule has 2 aromatic rings. The zero-order valence-electron chi connectivity index (χ0n) is 20.5. The van der Waals surface area contributed by atoms with Crippen LogP contribution < -0.4 is 16.4 Å². The average molecular weight is 503 g/mol. The van der Waals surface area contributed by atoms with Gasteiger partial charge in [0, 0.05) is 25.7 Å². The second-order valence-electron chi connectivity index (χ2n) is 8.54. The van der Waals surface area contributed by atoms with E-state index >= 15 is 0 Å². The summed E-state index contributed by atoms with van der Waals surface area (Å²) in [5.41, 5.74) is 14.3. The van der Waals surface area contributed by atoms with Gasteiger partial charge in [-0.2, -0.15) is 13.4 Å². The lowest BCUT2D eigenvalue weighted by atomic mass is 10.1. The highest BCUT2D eigenvalue weighted by atomic mass is 32.2. The number of nitrogens with zero attached hydrogens (tertiary/aromatic N) is 4. The molecule has 0 bridgehead atoms. The zero-order valence-corrected chi connectivity index (χ0v) is 21.4. The number of aryl methyl sites for hydroxylation is 1. The molecule has 0 atom stereocenters. The van der Waals surface area contributed by atoms with E-state index in [1.807, 2.05) is 80.4 Å². The molecule has 1 amide bonds. The minimum absolute atomic E-state index is 0.122. The van der Waals surface area contributed by atoms with Crippen molar-refractivity contribution < 1.29 is 17.8 Å². The lowest BCUT2D eigenvalue weighted by Gasteiger charge is -2.38. The predicted octanol–water partition coefficient (Wildman–Crippen LogP) is 2.36. The topological polar surface area (TPSA) is 155 Å². The molecule has 0 fully saturated rings. The summed E-state index contributed by atoms with van der Waals surface area (Å²) in [4.78, 5) is 24.5. The van der Waals surface area contributed by atoms with Gasteiger partial charge in [0.25, 0.3) is 10.1 Å². The minimum atomic E-state index is -3.66. The van der Waals surface area contributed by atoms with E-state index in [0.29, 0.717) is 25.3 Å². The first-order valence-electron chi connectivity index (χ1n) is 11.1. The molecule has 0 aliphatic carbocycles. The molecule has 0 saturated carbocycles. The van der Waals surface area contributed by atoms with Crippen LogP contribution in [0.4, 0.5) is 5.69 Å². The molecule has 0 radical (unpaired) electrons. The summed E-state index contributed by atoms with van der Waals surface area (Å²) in [7, 11) is -1.82. The average Bonchev–Trinajstić information content (AvgIpc) is 2.77. The Morgan fingerprint density at radius 1 is 1.06 bits per heavy atom. The van der Waals surface area contributed by atoms with Gasteiger partial charge in [-0.15, -0.1) is 0 Å². The Bertz CT molecular complexity index is 1160. The van der Waals surface area contributed by atoms with Crippen LogP contribution in [-0.4, -0.2) is 54.2 Å². The first kappa shape index (κ1) is 27.8. The number of benzene rings is 2. The summed E-state index contributed by atoms with van der Waals surface area (Å²) in [6.45, 7) is 5.84. The summed E-state index contributed by atoms with van der Waals surface area (Å²) in [6, 6.07) is 17.9. The van der Waals surface area contributed by atoms with Crippen molar-refractivity contribution in [3.05, 3.63) is 65.7 Å². The highest BCUT2D eigenvalue weighted by Gasteiger charge is 2.32. The van der Waals surface area contributed by atoms with Gasteiger partial charge in [-0.05, 0) is 50.5 Å². The van der Waals surface area contributed by atoms with Crippen LogP contribution in [0.25, 0.3) is 0 Å². The van der Waals surface area contributed by atoms with Gasteiger partial charge >= 0.3 is 0 Å². The molecule has 5 N–H and O–H groups in total. The number of carbonyl (C=O) groups is 1. The van der Waals surface area contributed by atoms with Gasteiger partial charge in [-0.1, -0.05) is 42.5 Å². The SMILES string of the molecule is CCS(=O)(=O)O.CN(Cc1ccccc1)C(=O)CCc1ccc(N2C(N)=NC(N)=NC2(C)C)cc1. The van der Waals surface area contributed by atoms with Gasteiger partial charge in [-0.3, -0.25) is 14.2 Å². The van der Waals surface area contributed by atoms with Gasteiger partial charge in [0.2, 0.25) is 17.8 Å². The molecule has 190 valence electrons. The van der Waals surface area contributed by atoms with Crippen molar-refractivity contribution in [2.24, 2.45) is 21.5 Å². The van der Waals surface area contributed by atoms with Crippen LogP contribution in [-0.2, 0) is 27.9 Å². The molecule has 10 nitrogen and oxygen atoms in total. The number of rotatable bonds is 7. The van der Waals surface area contributed by atoms with E-state index in [0.717, 1.165) is 16.8 Å². The van der Waals surface area contributed by atoms with Gasteiger partial charge in [0.05, 0.1) is 5.75 Å². The Hall–Kier alpha value is -3.44. The molecule has 35 heavy (non-hydrogen) atoms. The van der Waals surface area contributed by atoms with E-state index in [-0.39, 0.29) is 17.6 Å². The van der Waals surface area contributed by atoms with Crippen molar-refractivity contribution in [3.63, 3.8) is 0 Å². The molecule has 0 spiro atoms. The van der Waals surface area contributed by atoms with E-state index in [1.54, 1.807) is 4.90 Å². The molecule has 0 aromatic heterocycles. The van der Waals surface area contributed by atoms with E-state index in [1.165, 1.54) is 6.92 Å². The van der Waals surface area contributed by atoms with Crippen LogP contribution in [0.1, 0.15) is 38.3 Å². The number of carbonyl (C=O) groups excluding carboxylic acids is 1. The van der Waals surface area contributed by atoms with Crippen molar-refractivity contribution in [1.29, 1.82) is 0 Å². The molecule has 11 heteroatoms. The number of nitrogens with two attached hydrogens (primary N) is 2. The highest BCUT2D eigenvalue weighted by molar-refractivity contribution is 7.85. The number of anilines is 1. The maximum Gasteiger partial charge on any atom is 0.264 e. The van der Waals surface area contributed by atoms with Crippen molar-refractivity contribution in [2.45, 2.75) is 45.8 Å². The van der Waals surface area contributed by atoms with Gasteiger partial charge in [-0.25, -0.2) is 4.99 Å². The third-order valence-electron chi connectivity index (χ3n) is 5.27. The van der Waals surface area contributed by atoms with Crippen LogP contribution in [0, 0.1) is 0 Å². The lowest BCUT2D eigenvalue weighted by Crippen LogP contribution is -2.54. The maximum atomic E-state index is 12.5. The summed E-state index contributed by atoms with van der Waals surface area (Å²) in [5.74, 6) is 0.412. The van der Waals surface area contributed by atoms with E-state index in [4.69, 9.17) is 16.0 Å². The Morgan fingerprint density at radius 2 is 1.63 bits per heavy atom. The molecule has 1 heterocycles. The number of hydrogen-bond donors (Lipinski definition) is 3. The fourth-order valence-corrected chi connectivity index (χ4v) is 3.45. The van der Waals surface area contributed by atoms with Gasteiger partial charge < -0.3 is 16.4 Å². The van der Waals surface area contributed by atoms with Crippen LogP contribution in [0.15, 0.2) is 64.6 Å². The number of amides is 1. The predicted molar refractivity (Wildman–Crippen MR) is 140 cm³/mol. The molecule has 1 aliphatic heterocycles. The summed E-state index contributed by atoms with van der Waals surface area (Å²) < 4.78 is 26.9. The van der Waals surface area contributed by atoms with Gasteiger partial charge in [0.15, 0.2) is 0 Å². The molecule has 2 aromatic carbocycles. The fourth-order valence-electron chi connectivity index (χ4n) is 3.45. The molecular formula is C24H34N6O4S. The van der Waals surface area contributed by atoms with Crippen LogP contribution in [0.2, 0.25) is 0 Å². The van der Waals surface area contributed by atoms with E-state index < -0.39 is 15.8 Å². The molecule has 0 unspecified atom stereocenters. The number of hydrogen-bond acceptors (Lipinski definition) is 8. The highest BCUT2D eigenvalue weighted by Crippen LogP contribution is 2.27. The molecular weight excluding hydrogens is 468 g/mol. The summed E-state index contributed by atoms with van der Waals surface area (Å²) in [5, 5.41) is 0. The van der Waals surface area contributed by atoms with Crippen molar-refractivity contribution in [1.82, 2.24) is 4.90 Å². The molecule has 0 saturated heterocycles. The lowest BCUT2D eigenvalue weighted by molar-refractivity contribution is -0.130. The first-order chi connectivity index (χ1) is 16.3. The summed E-state index contributed by atoms with van der Waals surface area (Å²) in [6.07, 6.45) is 1.14. The molecule has 1 aliphatic rings. The second-order valence-corrected chi connectivity index (χ2v) is 10.3. The van der Waals surface area contributed by atoms with E-state index in [9.17, 15) is 13.2 Å². The van der Waals surface area contributed by atoms with Crippen LogP contribution >= 0.6 is 0 Å². The second kappa shape index (κ2) is 11.8. The Kier molecular flexibility index (Phi) is 9.38. The van der Waals surface area contributed by atoms with Crippen molar-refractivity contribution in [2.75, 3.05) is 17.7 Å². The standard InChI is InChI=1S/C22H28N6O.C2H6O3S/c1-22(2)26-20(23)25-21(24)28(22)18-12-9-16(10-13-18)11-14-19(29)27(3)15-17-7-5-4-6-8-17;1-2-6(3,4)5/h4-10,12-13H,11,14-15H2,1-3H3,(H4,23,24,25,26);2H2,1H3,(H,3,4,5). The van der Waals surface area contributed by atoms with E-state index in [2.05, 4.69) is 9.98 Å². The minimum Gasteiger partial charge on any atom is -0.369 e. The Balaban J connectivity index is 0.000000641. The third-order valence-corrected chi connectivity index (χ3v) is 6.00. The smallest absolute Gasteiger partial charge is 0.264 e. The molecule has 3 rings (SSSR count). The largest absolute Gasteiger partial charge is 0.369 e. The Morgan fingerprint density at radius 3 is 2.14 bits per heavy atom. The monoisotopic (exact) mass is 502 g/mol. The van der Waals surface area contributed by atoms with Crippen molar-refractivity contribution in [3.8, 4) is 0 Å². The first-order valence-corrected chi connectivity index (χ1v) is 12.7. The maximum absolute atomic E-state index is 12.5. The summed E-state index contributed by atoms with van der Waals surface area (Å²) >= 11 is 0. The Labute approximate surface area is 207 Å². The number of aliphatic imine (C=N–C) groups is 2. The van der Waals surface area contributed by atoms with Crippen LogP contribution in [0.3, 0.4) is 0 Å². The number of guanidine groups is 2. The zero-order chi connectivity index (χ0) is 26.2. The van der Waals surface area contributed by atoms with Gasteiger partial charge in [0.1, 0.15) is 5.66 Å².